The molecule has 0 amide bonds. The van der Waals surface area contributed by atoms with Crippen molar-refractivity contribution in [1.29, 1.82) is 0 Å². The highest BCUT2D eigenvalue weighted by Gasteiger charge is 2.27. The van der Waals surface area contributed by atoms with Gasteiger partial charge in [-0.2, -0.15) is 0 Å². The average Bonchev–Trinajstić information content (AvgIpc) is 2.48. The van der Waals surface area contributed by atoms with E-state index in [1.165, 1.54) is 11.1 Å². The molecule has 1 aliphatic heterocycles. The first kappa shape index (κ1) is 18.2. The summed E-state index contributed by atoms with van der Waals surface area (Å²) in [5.41, 5.74) is 8.43. The summed E-state index contributed by atoms with van der Waals surface area (Å²) in [5, 5.41) is 0. The molecule has 2 N–H and O–H groups in total. The molecule has 5 heteroatoms. The fourth-order valence-corrected chi connectivity index (χ4v) is 2.98. The highest BCUT2D eigenvalue weighted by atomic mass is 35.5. The third-order valence-electron chi connectivity index (χ3n) is 4.20. The van der Waals surface area contributed by atoms with Gasteiger partial charge in [-0.1, -0.05) is 17.7 Å². The number of nitrogens with zero attached hydrogens (tertiary/aromatic N) is 1. The van der Waals surface area contributed by atoms with Gasteiger partial charge < -0.3 is 15.2 Å². The van der Waals surface area contributed by atoms with E-state index >= 15 is 0 Å². The quantitative estimate of drug-likeness (QED) is 0.906. The molecule has 21 heavy (non-hydrogen) atoms. The first-order valence-electron chi connectivity index (χ1n) is 7.28. The second-order valence-electron chi connectivity index (χ2n) is 5.56. The Morgan fingerprint density at radius 1 is 1.33 bits per heavy atom. The van der Waals surface area contributed by atoms with Gasteiger partial charge in [-0.3, -0.25) is 4.90 Å². The van der Waals surface area contributed by atoms with Crippen LogP contribution >= 0.6 is 12.4 Å². The molecular weight excluding hydrogens is 288 g/mol. The van der Waals surface area contributed by atoms with Crippen LogP contribution in [0.1, 0.15) is 24.0 Å². The summed E-state index contributed by atoms with van der Waals surface area (Å²) >= 11 is 0. The second-order valence-corrected chi connectivity index (χ2v) is 5.56. The van der Waals surface area contributed by atoms with Crippen molar-refractivity contribution in [3.05, 3.63) is 29.3 Å². The molecule has 1 aromatic rings. The summed E-state index contributed by atoms with van der Waals surface area (Å²) in [7, 11) is 3.52. The van der Waals surface area contributed by atoms with Gasteiger partial charge in [0.25, 0.3) is 0 Å². The number of hydrogen-bond donors (Lipinski definition) is 1. The van der Waals surface area contributed by atoms with E-state index in [0.29, 0.717) is 18.7 Å². The van der Waals surface area contributed by atoms with Gasteiger partial charge in [0.1, 0.15) is 5.75 Å². The Bertz CT molecular complexity index is 442. The van der Waals surface area contributed by atoms with Gasteiger partial charge in [-0.25, -0.2) is 0 Å². The van der Waals surface area contributed by atoms with E-state index < -0.39 is 0 Å². The number of halogens is 1. The Labute approximate surface area is 134 Å². The molecule has 2 atom stereocenters. The smallest absolute Gasteiger partial charge is 0.123 e. The Balaban J connectivity index is 0.00000220. The number of ether oxygens (including phenoxy) is 2. The Morgan fingerprint density at radius 3 is 2.71 bits per heavy atom. The molecule has 0 saturated carbocycles. The van der Waals surface area contributed by atoms with Crippen LogP contribution in [-0.4, -0.2) is 44.4 Å². The number of piperidine rings is 1. The molecule has 0 bridgehead atoms. The topological polar surface area (TPSA) is 47.7 Å². The normalized spacial score (nSPS) is 22.7. The first-order valence-corrected chi connectivity index (χ1v) is 7.28. The zero-order chi connectivity index (χ0) is 14.5. The largest absolute Gasteiger partial charge is 0.496 e. The number of rotatable bonds is 5. The number of benzene rings is 1. The fraction of sp³-hybridized carbons (Fsp3) is 0.625. The average molecular weight is 315 g/mol. The van der Waals surface area contributed by atoms with Gasteiger partial charge in [0.2, 0.25) is 0 Å². The maximum absolute atomic E-state index is 5.94. The second kappa shape index (κ2) is 8.59. The molecule has 1 fully saturated rings. The lowest BCUT2D eigenvalue weighted by Crippen LogP contribution is -2.48. The summed E-state index contributed by atoms with van der Waals surface area (Å²) in [6.07, 6.45) is 2.43. The van der Waals surface area contributed by atoms with Gasteiger partial charge in [-0.15, -0.1) is 12.4 Å². The molecule has 2 unspecified atom stereocenters. The van der Waals surface area contributed by atoms with E-state index in [0.717, 1.165) is 31.7 Å². The molecule has 0 aromatic heterocycles. The fourth-order valence-electron chi connectivity index (χ4n) is 2.98. The number of likely N-dealkylation sites (tertiary alicyclic amines) is 1. The highest BCUT2D eigenvalue weighted by molar-refractivity contribution is 5.85. The standard InChI is InChI=1S/C16H26N2O2.ClH/c1-12-4-5-16(20-3)13(8-12)11-18-7-6-15(19-2)9-14(18)10-17;/h4-5,8,14-15H,6-7,9-11,17H2,1-3H3;1H. The zero-order valence-electron chi connectivity index (χ0n) is 13.2. The lowest BCUT2D eigenvalue weighted by Gasteiger charge is -2.38. The number of nitrogens with two attached hydrogens (primary N) is 1. The van der Waals surface area contributed by atoms with Gasteiger partial charge >= 0.3 is 0 Å². The lowest BCUT2D eigenvalue weighted by molar-refractivity contribution is 0.00999. The minimum absolute atomic E-state index is 0. The molecule has 1 saturated heterocycles. The first-order chi connectivity index (χ1) is 9.67. The molecule has 1 aliphatic rings. The van der Waals surface area contributed by atoms with Crippen molar-refractivity contribution in [3.8, 4) is 5.75 Å². The van der Waals surface area contributed by atoms with Gasteiger partial charge in [-0.05, 0) is 25.8 Å². The van der Waals surface area contributed by atoms with Crippen LogP contribution in [0.25, 0.3) is 0 Å². The monoisotopic (exact) mass is 314 g/mol. The predicted octanol–water partition coefficient (Wildman–Crippen LogP) is 2.36. The number of methoxy groups -OCH3 is 2. The Kier molecular flexibility index (Phi) is 7.46. The molecule has 2 rings (SSSR count). The van der Waals surface area contributed by atoms with Crippen LogP contribution < -0.4 is 10.5 Å². The maximum atomic E-state index is 5.94. The van der Waals surface area contributed by atoms with Crippen LogP contribution in [0.3, 0.4) is 0 Å². The zero-order valence-corrected chi connectivity index (χ0v) is 14.0. The summed E-state index contributed by atoms with van der Waals surface area (Å²) < 4.78 is 10.9. The lowest BCUT2D eigenvalue weighted by atomic mass is 9.98. The predicted molar refractivity (Wildman–Crippen MR) is 88.3 cm³/mol. The van der Waals surface area contributed by atoms with Crippen LogP contribution in [-0.2, 0) is 11.3 Å². The molecule has 0 spiro atoms. The molecule has 4 nitrogen and oxygen atoms in total. The SMILES string of the molecule is COc1ccc(C)cc1CN1CCC(OC)CC1CN.Cl. The summed E-state index contributed by atoms with van der Waals surface area (Å²) in [6.45, 7) is 4.70. The number of hydrogen-bond acceptors (Lipinski definition) is 4. The molecule has 0 radical (unpaired) electrons. The van der Waals surface area contributed by atoms with Crippen molar-refractivity contribution in [3.63, 3.8) is 0 Å². The highest BCUT2D eigenvalue weighted by Crippen LogP contribution is 2.26. The van der Waals surface area contributed by atoms with Crippen LogP contribution in [0.4, 0.5) is 0 Å². The van der Waals surface area contributed by atoms with Crippen LogP contribution in [0.5, 0.6) is 5.75 Å². The maximum Gasteiger partial charge on any atom is 0.123 e. The summed E-state index contributed by atoms with van der Waals surface area (Å²) in [4.78, 5) is 2.45. The molecular formula is C16H27ClN2O2. The third-order valence-corrected chi connectivity index (χ3v) is 4.20. The van der Waals surface area contributed by atoms with E-state index in [4.69, 9.17) is 15.2 Å². The molecule has 120 valence electrons. The van der Waals surface area contributed by atoms with Crippen LogP contribution in [0.15, 0.2) is 18.2 Å². The minimum Gasteiger partial charge on any atom is -0.496 e. The Hall–Kier alpha value is -0.810. The van der Waals surface area contributed by atoms with Crippen molar-refractivity contribution in [2.24, 2.45) is 5.73 Å². The van der Waals surface area contributed by atoms with E-state index in [2.05, 4.69) is 24.0 Å². The summed E-state index contributed by atoms with van der Waals surface area (Å²) in [6, 6.07) is 6.72. The van der Waals surface area contributed by atoms with E-state index in [-0.39, 0.29) is 12.4 Å². The van der Waals surface area contributed by atoms with Crippen molar-refractivity contribution < 1.29 is 9.47 Å². The van der Waals surface area contributed by atoms with Crippen molar-refractivity contribution in [1.82, 2.24) is 4.90 Å². The minimum atomic E-state index is 0. The summed E-state index contributed by atoms with van der Waals surface area (Å²) in [5.74, 6) is 0.959. The van der Waals surface area contributed by atoms with Gasteiger partial charge in [0, 0.05) is 38.3 Å². The molecule has 0 aliphatic carbocycles. The van der Waals surface area contributed by atoms with Crippen molar-refractivity contribution >= 4 is 12.4 Å². The van der Waals surface area contributed by atoms with Gasteiger partial charge in [0.15, 0.2) is 0 Å². The van der Waals surface area contributed by atoms with Crippen LogP contribution in [0.2, 0.25) is 0 Å². The van der Waals surface area contributed by atoms with Crippen LogP contribution in [0, 0.1) is 6.92 Å². The van der Waals surface area contributed by atoms with Gasteiger partial charge in [0.05, 0.1) is 13.2 Å². The molecule has 1 aromatic carbocycles. The van der Waals surface area contributed by atoms with Crippen molar-refractivity contribution in [2.75, 3.05) is 27.3 Å². The number of aryl methyl sites for hydroxylation is 1. The van der Waals surface area contributed by atoms with E-state index in [1.54, 1.807) is 14.2 Å². The molecule has 1 heterocycles. The van der Waals surface area contributed by atoms with Crippen molar-refractivity contribution in [2.45, 2.75) is 38.5 Å². The third kappa shape index (κ3) is 4.58. The Morgan fingerprint density at radius 2 is 2.10 bits per heavy atom. The van der Waals surface area contributed by atoms with E-state index in [9.17, 15) is 0 Å². The van der Waals surface area contributed by atoms with E-state index in [1.807, 2.05) is 6.07 Å².